The average Bonchev–Trinajstić information content (AvgIpc) is 2.46. The normalized spacial score (nSPS) is 9.56. The van der Waals surface area contributed by atoms with Crippen LogP contribution >= 0.6 is 0 Å². The Morgan fingerprint density at radius 1 is 1.39 bits per heavy atom. The molecule has 0 aromatic carbocycles. The van der Waals surface area contributed by atoms with Gasteiger partial charge in [-0.1, -0.05) is 0 Å². The van der Waals surface area contributed by atoms with Crippen molar-refractivity contribution < 1.29 is 4.79 Å². The van der Waals surface area contributed by atoms with Gasteiger partial charge in [0.15, 0.2) is 0 Å². The van der Waals surface area contributed by atoms with Crippen LogP contribution in [0.5, 0.6) is 0 Å². The summed E-state index contributed by atoms with van der Waals surface area (Å²) in [6, 6.07) is 8.50. The molecule has 18 heavy (non-hydrogen) atoms. The topological polar surface area (TPSA) is 69.9 Å². The number of hydrogen-bond donors (Lipinski definition) is 0. The monoisotopic (exact) mass is 238 g/mol. The van der Waals surface area contributed by atoms with Crippen molar-refractivity contribution in [2.24, 2.45) is 0 Å². The van der Waals surface area contributed by atoms with Crippen LogP contribution in [0.2, 0.25) is 0 Å². The number of nitrogens with zero attached hydrogens (tertiary/aromatic N) is 4. The maximum Gasteiger partial charge on any atom is 0.258 e. The zero-order valence-electron chi connectivity index (χ0n) is 9.74. The first-order chi connectivity index (χ1) is 8.72. The van der Waals surface area contributed by atoms with Gasteiger partial charge >= 0.3 is 0 Å². The van der Waals surface area contributed by atoms with Crippen molar-refractivity contribution in [3.8, 4) is 6.07 Å². The first kappa shape index (κ1) is 11.7. The number of nitriles is 1. The Bertz CT molecular complexity index is 604. The van der Waals surface area contributed by atoms with Crippen molar-refractivity contribution in [1.29, 1.82) is 5.26 Å². The Hall–Kier alpha value is -2.74. The lowest BCUT2D eigenvalue weighted by atomic mass is 10.2. The number of aromatic nitrogens is 2. The van der Waals surface area contributed by atoms with Gasteiger partial charge in [0, 0.05) is 25.0 Å². The van der Waals surface area contributed by atoms with Crippen LogP contribution in [0.25, 0.3) is 0 Å². The first-order valence-electron chi connectivity index (χ1n) is 5.26. The van der Waals surface area contributed by atoms with Gasteiger partial charge in [0.1, 0.15) is 11.8 Å². The lowest BCUT2D eigenvalue weighted by Gasteiger charge is -2.16. The fourth-order valence-corrected chi connectivity index (χ4v) is 1.49. The summed E-state index contributed by atoms with van der Waals surface area (Å²) >= 11 is 0. The largest absolute Gasteiger partial charge is 0.310 e. The molecule has 0 bridgehead atoms. The SMILES string of the molecule is CN(C(=O)c1ccnc(C#N)c1)c1cccnc1. The second kappa shape index (κ2) is 5.06. The van der Waals surface area contributed by atoms with Gasteiger partial charge in [-0.25, -0.2) is 4.98 Å². The van der Waals surface area contributed by atoms with E-state index in [1.807, 2.05) is 6.07 Å². The maximum atomic E-state index is 12.2. The number of rotatable bonds is 2. The molecule has 0 spiro atoms. The van der Waals surface area contributed by atoms with E-state index in [-0.39, 0.29) is 11.6 Å². The zero-order chi connectivity index (χ0) is 13.0. The Morgan fingerprint density at radius 2 is 2.22 bits per heavy atom. The Kier molecular flexibility index (Phi) is 3.30. The fourth-order valence-electron chi connectivity index (χ4n) is 1.49. The van der Waals surface area contributed by atoms with E-state index in [4.69, 9.17) is 5.26 Å². The summed E-state index contributed by atoms with van der Waals surface area (Å²) < 4.78 is 0. The van der Waals surface area contributed by atoms with Crippen molar-refractivity contribution >= 4 is 11.6 Å². The summed E-state index contributed by atoms with van der Waals surface area (Å²) in [4.78, 5) is 21.4. The molecule has 0 N–H and O–H groups in total. The molecule has 0 aliphatic carbocycles. The molecule has 5 nitrogen and oxygen atoms in total. The predicted molar refractivity (Wildman–Crippen MR) is 65.9 cm³/mol. The van der Waals surface area contributed by atoms with E-state index in [0.717, 1.165) is 0 Å². The minimum absolute atomic E-state index is 0.207. The summed E-state index contributed by atoms with van der Waals surface area (Å²) in [6.45, 7) is 0. The smallest absolute Gasteiger partial charge is 0.258 e. The average molecular weight is 238 g/mol. The number of hydrogen-bond acceptors (Lipinski definition) is 4. The first-order valence-corrected chi connectivity index (χ1v) is 5.26. The van der Waals surface area contributed by atoms with E-state index in [2.05, 4.69) is 9.97 Å². The number of pyridine rings is 2. The quantitative estimate of drug-likeness (QED) is 0.797. The molecule has 2 rings (SSSR count). The zero-order valence-corrected chi connectivity index (χ0v) is 9.74. The van der Waals surface area contributed by atoms with Gasteiger partial charge in [0.05, 0.1) is 11.9 Å². The van der Waals surface area contributed by atoms with Crippen LogP contribution in [0.15, 0.2) is 42.9 Å². The molecule has 88 valence electrons. The van der Waals surface area contributed by atoms with E-state index in [9.17, 15) is 4.79 Å². The maximum absolute atomic E-state index is 12.2. The molecule has 0 aliphatic heterocycles. The van der Waals surface area contributed by atoms with Crippen LogP contribution in [0, 0.1) is 11.3 Å². The summed E-state index contributed by atoms with van der Waals surface area (Å²) in [6.07, 6.45) is 4.69. The highest BCUT2D eigenvalue weighted by Gasteiger charge is 2.14. The van der Waals surface area contributed by atoms with Crippen molar-refractivity contribution in [1.82, 2.24) is 9.97 Å². The highest BCUT2D eigenvalue weighted by Crippen LogP contribution is 2.13. The second-order valence-corrected chi connectivity index (χ2v) is 3.62. The molecule has 2 aromatic heterocycles. The van der Waals surface area contributed by atoms with E-state index in [1.165, 1.54) is 17.2 Å². The molecule has 0 fully saturated rings. The molecular weight excluding hydrogens is 228 g/mol. The third-order valence-corrected chi connectivity index (χ3v) is 2.46. The van der Waals surface area contributed by atoms with Gasteiger partial charge in [-0.15, -0.1) is 0 Å². The van der Waals surface area contributed by atoms with Crippen LogP contribution in [0.3, 0.4) is 0 Å². The van der Waals surface area contributed by atoms with Gasteiger partial charge < -0.3 is 4.90 Å². The number of anilines is 1. The van der Waals surface area contributed by atoms with Crippen molar-refractivity contribution in [3.63, 3.8) is 0 Å². The Morgan fingerprint density at radius 3 is 2.89 bits per heavy atom. The van der Waals surface area contributed by atoms with E-state index in [1.54, 1.807) is 37.6 Å². The second-order valence-electron chi connectivity index (χ2n) is 3.62. The minimum atomic E-state index is -0.207. The van der Waals surface area contributed by atoms with Crippen molar-refractivity contribution in [2.45, 2.75) is 0 Å². The fraction of sp³-hybridized carbons (Fsp3) is 0.0769. The third-order valence-electron chi connectivity index (χ3n) is 2.46. The molecule has 0 aliphatic rings. The van der Waals surface area contributed by atoms with Crippen LogP contribution in [0.4, 0.5) is 5.69 Å². The molecule has 0 atom stereocenters. The summed E-state index contributed by atoms with van der Waals surface area (Å²) in [5.41, 5.74) is 1.34. The number of amides is 1. The van der Waals surface area contributed by atoms with Gasteiger partial charge in [0.25, 0.3) is 5.91 Å². The van der Waals surface area contributed by atoms with Crippen LogP contribution < -0.4 is 4.90 Å². The van der Waals surface area contributed by atoms with Crippen LogP contribution in [-0.2, 0) is 0 Å². The van der Waals surface area contributed by atoms with Crippen LogP contribution in [0.1, 0.15) is 16.1 Å². The van der Waals surface area contributed by atoms with Crippen molar-refractivity contribution in [3.05, 3.63) is 54.1 Å². The van der Waals surface area contributed by atoms with Gasteiger partial charge in [-0.2, -0.15) is 5.26 Å². The molecule has 0 saturated heterocycles. The summed E-state index contributed by atoms with van der Waals surface area (Å²) in [5.74, 6) is -0.207. The van der Waals surface area contributed by atoms with E-state index < -0.39 is 0 Å². The molecular formula is C13H10N4O. The third kappa shape index (κ3) is 2.33. The summed E-state index contributed by atoms with van der Waals surface area (Å²) in [7, 11) is 1.66. The molecule has 2 heterocycles. The molecule has 2 aromatic rings. The molecule has 0 unspecified atom stereocenters. The lowest BCUT2D eigenvalue weighted by molar-refractivity contribution is 0.0993. The van der Waals surface area contributed by atoms with Gasteiger partial charge in [-0.3, -0.25) is 9.78 Å². The van der Waals surface area contributed by atoms with E-state index >= 15 is 0 Å². The molecule has 5 heteroatoms. The molecule has 1 amide bonds. The van der Waals surface area contributed by atoms with E-state index in [0.29, 0.717) is 11.3 Å². The highest BCUT2D eigenvalue weighted by molar-refractivity contribution is 6.05. The molecule has 0 saturated carbocycles. The Labute approximate surface area is 104 Å². The summed E-state index contributed by atoms with van der Waals surface area (Å²) in [5, 5.41) is 8.75. The van der Waals surface area contributed by atoms with Crippen molar-refractivity contribution in [2.75, 3.05) is 11.9 Å². The Balaban J connectivity index is 2.29. The number of carbonyl (C=O) groups is 1. The lowest BCUT2D eigenvalue weighted by Crippen LogP contribution is -2.26. The van der Waals surface area contributed by atoms with Crippen LogP contribution in [-0.4, -0.2) is 22.9 Å². The minimum Gasteiger partial charge on any atom is -0.310 e. The van der Waals surface area contributed by atoms with Gasteiger partial charge in [0.2, 0.25) is 0 Å². The highest BCUT2D eigenvalue weighted by atomic mass is 16.2. The van der Waals surface area contributed by atoms with Gasteiger partial charge in [-0.05, 0) is 24.3 Å². The molecule has 0 radical (unpaired) electrons. The predicted octanol–water partition coefficient (Wildman–Crippen LogP) is 1.62. The standard InChI is InChI=1S/C13H10N4O/c1-17(12-3-2-5-15-9-12)13(18)10-4-6-16-11(7-10)8-14/h2-7,9H,1H3. The number of carbonyl (C=O) groups excluding carboxylic acids is 1.